The molecule has 30 heavy (non-hydrogen) atoms. The van der Waals surface area contributed by atoms with E-state index in [1.54, 1.807) is 28.3 Å². The van der Waals surface area contributed by atoms with Crippen molar-refractivity contribution in [3.8, 4) is 17.2 Å². The Labute approximate surface area is 184 Å². The van der Waals surface area contributed by atoms with Gasteiger partial charge in [-0.05, 0) is 29.8 Å². The number of hydrogen-bond acceptors (Lipinski definition) is 6. The first kappa shape index (κ1) is 23.6. The Kier molecular flexibility index (Phi) is 8.62. The first-order valence-electron chi connectivity index (χ1n) is 9.68. The Morgan fingerprint density at radius 3 is 2.23 bits per heavy atom. The van der Waals surface area contributed by atoms with Gasteiger partial charge in [0.25, 0.3) is 0 Å². The minimum atomic E-state index is -0.371. The second-order valence-corrected chi connectivity index (χ2v) is 7.18. The first-order valence-corrected chi connectivity index (χ1v) is 9.68. The predicted molar refractivity (Wildman–Crippen MR) is 120 cm³/mol. The van der Waals surface area contributed by atoms with E-state index in [1.165, 1.54) is 10.5 Å². The Morgan fingerprint density at radius 2 is 1.60 bits per heavy atom. The predicted octanol–water partition coefficient (Wildman–Crippen LogP) is 3.51. The summed E-state index contributed by atoms with van der Waals surface area (Å²) < 4.78 is 16.3. The van der Waals surface area contributed by atoms with Gasteiger partial charge in [0.1, 0.15) is 0 Å². The fraction of sp³-hybridized carbons (Fsp3) is 0.409. The summed E-state index contributed by atoms with van der Waals surface area (Å²) in [4.78, 5) is 18.1. The zero-order valence-electron chi connectivity index (χ0n) is 18.0. The smallest absolute Gasteiger partial charge is 0.414 e. The molecule has 1 amide bonds. The molecule has 0 aromatic heterocycles. The third-order valence-corrected chi connectivity index (χ3v) is 4.99. The van der Waals surface area contributed by atoms with E-state index in [-0.39, 0.29) is 18.5 Å². The number of hydrogen-bond donors (Lipinski definition) is 0. The van der Waals surface area contributed by atoms with Crippen molar-refractivity contribution in [2.24, 2.45) is 0 Å². The maximum atomic E-state index is 12.0. The third kappa shape index (κ3) is 5.70. The van der Waals surface area contributed by atoms with E-state index in [4.69, 9.17) is 14.2 Å². The van der Waals surface area contributed by atoms with Gasteiger partial charge in [-0.3, -0.25) is 4.90 Å². The van der Waals surface area contributed by atoms with Crippen molar-refractivity contribution in [3.05, 3.63) is 48.0 Å². The van der Waals surface area contributed by atoms with E-state index in [0.717, 1.165) is 49.9 Å². The number of rotatable bonds is 6. The molecule has 0 bridgehead atoms. The molecule has 8 heteroatoms. The van der Waals surface area contributed by atoms with Crippen LogP contribution in [0.25, 0.3) is 0 Å². The molecule has 3 rings (SSSR count). The number of carbonyl (C=O) groups excluding carboxylic acids is 1. The molecule has 0 unspecified atom stereocenters. The van der Waals surface area contributed by atoms with E-state index in [9.17, 15) is 4.79 Å². The molecule has 2 aromatic rings. The monoisotopic (exact) mass is 435 g/mol. The third-order valence-electron chi connectivity index (χ3n) is 4.99. The van der Waals surface area contributed by atoms with E-state index in [1.807, 2.05) is 36.4 Å². The van der Waals surface area contributed by atoms with Crippen molar-refractivity contribution < 1.29 is 19.0 Å². The van der Waals surface area contributed by atoms with Crippen molar-refractivity contribution >= 4 is 24.2 Å². The number of piperazine rings is 1. The quantitative estimate of drug-likeness (QED) is 0.692. The summed E-state index contributed by atoms with van der Waals surface area (Å²) in [5.74, 6) is 2.09. The Balaban J connectivity index is 0.00000320. The normalized spacial score (nSPS) is 13.9. The maximum absolute atomic E-state index is 12.0. The number of benzene rings is 2. The first-order chi connectivity index (χ1) is 14.0. The second kappa shape index (κ2) is 10.9. The lowest BCUT2D eigenvalue weighted by Gasteiger charge is -2.36. The van der Waals surface area contributed by atoms with Gasteiger partial charge in [-0.15, -0.1) is 12.4 Å². The van der Waals surface area contributed by atoms with Crippen LogP contribution in [0.4, 0.5) is 10.5 Å². The minimum absolute atomic E-state index is 0. The van der Waals surface area contributed by atoms with Gasteiger partial charge < -0.3 is 24.0 Å². The maximum Gasteiger partial charge on any atom is 0.414 e. The molecule has 1 aliphatic rings. The Hall–Kier alpha value is -2.64. The lowest BCUT2D eigenvalue weighted by molar-refractivity contribution is 0.172. The molecule has 0 spiro atoms. The van der Waals surface area contributed by atoms with E-state index < -0.39 is 0 Å². The van der Waals surface area contributed by atoms with Crippen molar-refractivity contribution in [2.75, 3.05) is 59.4 Å². The van der Waals surface area contributed by atoms with Gasteiger partial charge >= 0.3 is 6.09 Å². The fourth-order valence-corrected chi connectivity index (χ4v) is 3.37. The van der Waals surface area contributed by atoms with Gasteiger partial charge in [-0.1, -0.05) is 18.2 Å². The Bertz CT molecular complexity index is 839. The molecular weight excluding hydrogens is 406 g/mol. The highest BCUT2D eigenvalue weighted by Crippen LogP contribution is 2.30. The molecule has 2 aromatic carbocycles. The molecular formula is C22H30ClN3O4. The highest BCUT2D eigenvalue weighted by atomic mass is 35.5. The summed E-state index contributed by atoms with van der Waals surface area (Å²) in [6, 6.07) is 13.7. The molecule has 1 fully saturated rings. The van der Waals surface area contributed by atoms with E-state index in [0.29, 0.717) is 5.75 Å². The van der Waals surface area contributed by atoms with Crippen LogP contribution >= 0.6 is 12.4 Å². The molecule has 0 saturated carbocycles. The molecule has 1 saturated heterocycles. The van der Waals surface area contributed by atoms with Crippen LogP contribution in [-0.2, 0) is 6.54 Å². The number of para-hydroxylation sites is 2. The topological polar surface area (TPSA) is 54.5 Å². The second-order valence-electron chi connectivity index (χ2n) is 7.18. The molecule has 1 aliphatic heterocycles. The number of nitrogens with zero attached hydrogens (tertiary/aromatic N) is 3. The molecule has 0 aliphatic carbocycles. The molecule has 1 heterocycles. The lowest BCUT2D eigenvalue weighted by atomic mass is 10.1. The van der Waals surface area contributed by atoms with Crippen LogP contribution in [0, 0.1) is 0 Å². The fourth-order valence-electron chi connectivity index (χ4n) is 3.37. The number of methoxy groups -OCH3 is 2. The largest absolute Gasteiger partial charge is 0.493 e. The molecule has 7 nitrogen and oxygen atoms in total. The number of anilines is 1. The summed E-state index contributed by atoms with van der Waals surface area (Å²) in [6.07, 6.45) is -0.371. The highest BCUT2D eigenvalue weighted by Gasteiger charge is 2.21. The highest BCUT2D eigenvalue weighted by molar-refractivity contribution is 5.85. The van der Waals surface area contributed by atoms with Crippen LogP contribution in [0.3, 0.4) is 0 Å². The van der Waals surface area contributed by atoms with Crippen molar-refractivity contribution in [1.82, 2.24) is 9.80 Å². The van der Waals surface area contributed by atoms with Gasteiger partial charge in [-0.2, -0.15) is 0 Å². The number of carbonyl (C=O) groups is 1. The van der Waals surface area contributed by atoms with Crippen molar-refractivity contribution in [2.45, 2.75) is 6.54 Å². The molecule has 0 N–H and O–H groups in total. The summed E-state index contributed by atoms with van der Waals surface area (Å²) >= 11 is 0. The average molecular weight is 436 g/mol. The number of ether oxygens (including phenoxy) is 3. The number of halogens is 1. The zero-order valence-corrected chi connectivity index (χ0v) is 18.8. The summed E-state index contributed by atoms with van der Waals surface area (Å²) in [6.45, 7) is 4.42. The minimum Gasteiger partial charge on any atom is -0.493 e. The standard InChI is InChI=1S/C22H29N3O4.ClH/c1-23(2)22(26)29-19-8-6-5-7-18(19)25-13-11-24(12-14-25)16-17-9-10-20(27-3)21(15-17)28-4;/h5-10,15H,11-14,16H2,1-4H3;1H. The van der Waals surface area contributed by atoms with Crippen molar-refractivity contribution in [1.29, 1.82) is 0 Å². The van der Waals surface area contributed by atoms with E-state index >= 15 is 0 Å². The van der Waals surface area contributed by atoms with Crippen LogP contribution < -0.4 is 19.1 Å². The van der Waals surface area contributed by atoms with Gasteiger partial charge in [-0.25, -0.2) is 4.79 Å². The molecule has 0 atom stereocenters. The van der Waals surface area contributed by atoms with Crippen LogP contribution in [-0.4, -0.2) is 70.4 Å². The lowest BCUT2D eigenvalue weighted by Crippen LogP contribution is -2.46. The van der Waals surface area contributed by atoms with Crippen LogP contribution in [0.5, 0.6) is 17.2 Å². The van der Waals surface area contributed by atoms with Gasteiger partial charge in [0, 0.05) is 46.8 Å². The van der Waals surface area contributed by atoms with Gasteiger partial charge in [0.2, 0.25) is 0 Å². The SMILES string of the molecule is COc1ccc(CN2CCN(c3ccccc3OC(=O)N(C)C)CC2)cc1OC.Cl. The Morgan fingerprint density at radius 1 is 0.933 bits per heavy atom. The van der Waals surface area contributed by atoms with Gasteiger partial charge in [0.15, 0.2) is 17.2 Å². The zero-order chi connectivity index (χ0) is 20.8. The number of amides is 1. The molecule has 0 radical (unpaired) electrons. The molecule has 164 valence electrons. The van der Waals surface area contributed by atoms with Crippen LogP contribution in [0.15, 0.2) is 42.5 Å². The summed E-state index contributed by atoms with van der Waals surface area (Å²) in [7, 11) is 6.65. The summed E-state index contributed by atoms with van der Waals surface area (Å²) in [5, 5.41) is 0. The van der Waals surface area contributed by atoms with E-state index in [2.05, 4.69) is 15.9 Å². The van der Waals surface area contributed by atoms with Crippen LogP contribution in [0.1, 0.15) is 5.56 Å². The van der Waals surface area contributed by atoms with Crippen LogP contribution in [0.2, 0.25) is 0 Å². The van der Waals surface area contributed by atoms with Crippen molar-refractivity contribution in [3.63, 3.8) is 0 Å². The van der Waals surface area contributed by atoms with Gasteiger partial charge in [0.05, 0.1) is 19.9 Å². The average Bonchev–Trinajstić information content (AvgIpc) is 2.74. The summed E-state index contributed by atoms with van der Waals surface area (Å²) in [5.41, 5.74) is 2.14.